The van der Waals surface area contributed by atoms with Crippen molar-refractivity contribution in [2.24, 2.45) is 0 Å². The molecule has 2 N–H and O–H groups in total. The first-order valence-corrected chi connectivity index (χ1v) is 4.69. The molecule has 0 aliphatic carbocycles. The number of rotatable bonds is 1. The molecule has 1 aliphatic rings. The number of hydrogen-bond donors (Lipinski definition) is 2. The second-order valence-corrected chi connectivity index (χ2v) is 3.73. The number of hydrogen-bond acceptors (Lipinski definition) is 3. The molecule has 13 heavy (non-hydrogen) atoms. The molecule has 0 spiro atoms. The second kappa shape index (κ2) is 4.07. The lowest BCUT2D eigenvalue weighted by molar-refractivity contribution is -0.144. The number of nitrogens with zero attached hydrogens (tertiary/aromatic N) is 1. The van der Waals surface area contributed by atoms with Crippen molar-refractivity contribution in [1.82, 2.24) is 4.90 Å². The fraction of sp³-hybridized carbons (Fsp3) is 0.889. The van der Waals surface area contributed by atoms with Gasteiger partial charge in [-0.1, -0.05) is 0 Å². The van der Waals surface area contributed by atoms with Crippen molar-refractivity contribution in [2.45, 2.75) is 44.9 Å². The summed E-state index contributed by atoms with van der Waals surface area (Å²) in [5.74, 6) is -0.237. The van der Waals surface area contributed by atoms with Crippen molar-refractivity contribution in [3.63, 3.8) is 0 Å². The van der Waals surface area contributed by atoms with Gasteiger partial charge in [0.1, 0.15) is 6.10 Å². The zero-order valence-corrected chi connectivity index (χ0v) is 8.10. The van der Waals surface area contributed by atoms with Gasteiger partial charge in [-0.15, -0.1) is 0 Å². The Morgan fingerprint density at radius 2 is 2.23 bits per heavy atom. The molecule has 2 unspecified atom stereocenters. The predicted octanol–water partition coefficient (Wildman–Crippen LogP) is -0.261. The van der Waals surface area contributed by atoms with E-state index in [-0.39, 0.29) is 18.1 Å². The number of aliphatic hydroxyl groups is 2. The lowest BCUT2D eigenvalue weighted by Gasteiger charge is -2.36. The minimum atomic E-state index is -0.933. The van der Waals surface area contributed by atoms with Crippen LogP contribution in [-0.4, -0.2) is 45.8 Å². The first-order chi connectivity index (χ1) is 6.02. The average Bonchev–Trinajstić information content (AvgIpc) is 2.03. The van der Waals surface area contributed by atoms with Crippen molar-refractivity contribution in [3.05, 3.63) is 0 Å². The van der Waals surface area contributed by atoms with Crippen LogP contribution in [0.2, 0.25) is 0 Å². The molecular formula is C9H17NO3. The van der Waals surface area contributed by atoms with Gasteiger partial charge in [0.05, 0.1) is 6.10 Å². The maximum Gasteiger partial charge on any atom is 0.251 e. The van der Waals surface area contributed by atoms with E-state index in [1.807, 2.05) is 6.92 Å². The third kappa shape index (κ3) is 2.42. The molecule has 0 aromatic rings. The summed E-state index contributed by atoms with van der Waals surface area (Å²) in [6.45, 7) is 3.91. The first kappa shape index (κ1) is 10.5. The van der Waals surface area contributed by atoms with E-state index in [4.69, 9.17) is 5.11 Å². The zero-order valence-electron chi connectivity index (χ0n) is 8.10. The van der Waals surface area contributed by atoms with Crippen molar-refractivity contribution in [2.75, 3.05) is 6.54 Å². The Bertz CT molecular complexity index is 193. The van der Waals surface area contributed by atoms with E-state index in [2.05, 4.69) is 0 Å². The summed E-state index contributed by atoms with van der Waals surface area (Å²) < 4.78 is 0. The summed E-state index contributed by atoms with van der Waals surface area (Å²) in [6, 6.07) is 0.0332. The largest absolute Gasteiger partial charge is 0.393 e. The molecule has 76 valence electrons. The standard InChI is InChI=1S/C9H17NO3/c1-6-5-8(12)3-4-10(6)9(13)7(2)11/h6-8,11-12H,3-5H2,1-2H3/t6?,7-,8?/m0/s1. The summed E-state index contributed by atoms with van der Waals surface area (Å²) in [6.07, 6.45) is -0.00732. The number of amides is 1. The van der Waals surface area contributed by atoms with Crippen LogP contribution in [0.5, 0.6) is 0 Å². The van der Waals surface area contributed by atoms with Gasteiger partial charge < -0.3 is 15.1 Å². The van der Waals surface area contributed by atoms with Crippen LogP contribution in [0.1, 0.15) is 26.7 Å². The van der Waals surface area contributed by atoms with Crippen molar-refractivity contribution in [3.8, 4) is 0 Å². The molecule has 1 saturated heterocycles. The molecular weight excluding hydrogens is 170 g/mol. The van der Waals surface area contributed by atoms with E-state index in [1.54, 1.807) is 4.90 Å². The second-order valence-electron chi connectivity index (χ2n) is 3.73. The van der Waals surface area contributed by atoms with Crippen LogP contribution in [-0.2, 0) is 4.79 Å². The van der Waals surface area contributed by atoms with Gasteiger partial charge in [-0.2, -0.15) is 0 Å². The first-order valence-electron chi connectivity index (χ1n) is 4.69. The summed E-state index contributed by atoms with van der Waals surface area (Å²) >= 11 is 0. The van der Waals surface area contributed by atoms with E-state index in [9.17, 15) is 9.90 Å². The highest BCUT2D eigenvalue weighted by atomic mass is 16.3. The monoisotopic (exact) mass is 187 g/mol. The topological polar surface area (TPSA) is 60.8 Å². The third-order valence-corrected chi connectivity index (χ3v) is 2.49. The Hall–Kier alpha value is -0.610. The highest BCUT2D eigenvalue weighted by molar-refractivity contribution is 5.80. The van der Waals surface area contributed by atoms with Crippen LogP contribution in [0.15, 0.2) is 0 Å². The molecule has 0 aromatic heterocycles. The van der Waals surface area contributed by atoms with Crippen LogP contribution in [0.3, 0.4) is 0 Å². The fourth-order valence-electron chi connectivity index (χ4n) is 1.71. The van der Waals surface area contributed by atoms with E-state index in [1.165, 1.54) is 6.92 Å². The summed E-state index contributed by atoms with van der Waals surface area (Å²) in [5, 5.41) is 18.4. The predicted molar refractivity (Wildman–Crippen MR) is 48.1 cm³/mol. The smallest absolute Gasteiger partial charge is 0.251 e. The van der Waals surface area contributed by atoms with Crippen LogP contribution in [0.25, 0.3) is 0 Å². The van der Waals surface area contributed by atoms with Crippen molar-refractivity contribution in [1.29, 1.82) is 0 Å². The SMILES string of the molecule is CC1CC(O)CCN1C(=O)[C@H](C)O. The van der Waals surface area contributed by atoms with Gasteiger partial charge in [-0.05, 0) is 26.7 Å². The highest BCUT2D eigenvalue weighted by Crippen LogP contribution is 2.17. The quantitative estimate of drug-likeness (QED) is 0.594. The molecule has 1 heterocycles. The summed E-state index contributed by atoms with van der Waals surface area (Å²) in [7, 11) is 0. The summed E-state index contributed by atoms with van der Waals surface area (Å²) in [4.78, 5) is 13.0. The van der Waals surface area contributed by atoms with Crippen LogP contribution < -0.4 is 0 Å². The molecule has 4 heteroatoms. The number of likely N-dealkylation sites (tertiary alicyclic amines) is 1. The number of piperidine rings is 1. The summed E-state index contributed by atoms with van der Waals surface area (Å²) in [5.41, 5.74) is 0. The lowest BCUT2D eigenvalue weighted by Crippen LogP contribution is -2.49. The molecule has 0 aromatic carbocycles. The molecule has 0 radical (unpaired) electrons. The van der Waals surface area contributed by atoms with Gasteiger partial charge in [0.15, 0.2) is 0 Å². The van der Waals surface area contributed by atoms with Gasteiger partial charge in [0.25, 0.3) is 5.91 Å². The van der Waals surface area contributed by atoms with Crippen LogP contribution in [0.4, 0.5) is 0 Å². The molecule has 1 fully saturated rings. The van der Waals surface area contributed by atoms with E-state index in [0.29, 0.717) is 19.4 Å². The maximum absolute atomic E-state index is 11.4. The normalized spacial score (nSPS) is 31.5. The number of carbonyl (C=O) groups is 1. The third-order valence-electron chi connectivity index (χ3n) is 2.49. The molecule has 3 atom stereocenters. The highest BCUT2D eigenvalue weighted by Gasteiger charge is 2.29. The van der Waals surface area contributed by atoms with Crippen molar-refractivity contribution >= 4 is 5.91 Å². The van der Waals surface area contributed by atoms with Gasteiger partial charge in [-0.25, -0.2) is 0 Å². The van der Waals surface area contributed by atoms with Crippen LogP contribution >= 0.6 is 0 Å². The Morgan fingerprint density at radius 1 is 1.62 bits per heavy atom. The van der Waals surface area contributed by atoms with Crippen molar-refractivity contribution < 1.29 is 15.0 Å². The van der Waals surface area contributed by atoms with E-state index in [0.717, 1.165) is 0 Å². The molecule has 1 aliphatic heterocycles. The maximum atomic E-state index is 11.4. The van der Waals surface area contributed by atoms with Gasteiger partial charge in [0, 0.05) is 12.6 Å². The van der Waals surface area contributed by atoms with Gasteiger partial charge in [0.2, 0.25) is 0 Å². The Balaban J connectivity index is 2.56. The zero-order chi connectivity index (χ0) is 10.0. The Labute approximate surface area is 78.2 Å². The van der Waals surface area contributed by atoms with Crippen LogP contribution in [0, 0.1) is 0 Å². The molecule has 0 saturated carbocycles. The van der Waals surface area contributed by atoms with E-state index < -0.39 is 6.10 Å². The van der Waals surface area contributed by atoms with Gasteiger partial charge >= 0.3 is 0 Å². The number of aliphatic hydroxyl groups excluding tert-OH is 2. The average molecular weight is 187 g/mol. The minimum Gasteiger partial charge on any atom is -0.393 e. The minimum absolute atomic E-state index is 0.0332. The fourth-order valence-corrected chi connectivity index (χ4v) is 1.71. The molecule has 0 bridgehead atoms. The van der Waals surface area contributed by atoms with Gasteiger partial charge in [-0.3, -0.25) is 4.79 Å². The Morgan fingerprint density at radius 3 is 2.69 bits per heavy atom. The lowest BCUT2D eigenvalue weighted by atomic mass is 10.0. The van der Waals surface area contributed by atoms with E-state index >= 15 is 0 Å². The number of carbonyl (C=O) groups excluding carboxylic acids is 1. The molecule has 1 amide bonds. The molecule has 1 rings (SSSR count). The molecule has 4 nitrogen and oxygen atoms in total. The Kier molecular flexibility index (Phi) is 3.27.